The Morgan fingerprint density at radius 1 is 1.05 bits per heavy atom. The summed E-state index contributed by atoms with van der Waals surface area (Å²) in [7, 11) is 0. The smallest absolute Gasteiger partial charge is 0.128 e. The average molecular weight is 382 g/mol. The Hall–Kier alpha value is -0.580. The summed E-state index contributed by atoms with van der Waals surface area (Å²) in [6.07, 6.45) is 7.90. The van der Waals surface area contributed by atoms with Crippen molar-refractivity contribution in [1.82, 2.24) is 4.90 Å². The van der Waals surface area contributed by atoms with Crippen LogP contribution in [-0.4, -0.2) is 31.1 Å². The zero-order valence-electron chi connectivity index (χ0n) is 13.0. The summed E-state index contributed by atoms with van der Waals surface area (Å²) < 4.78 is 8.43. The highest BCUT2D eigenvalue weighted by Gasteiger charge is 2.10. The molecule has 1 aromatic carbocycles. The van der Waals surface area contributed by atoms with Crippen molar-refractivity contribution in [1.29, 1.82) is 0 Å². The number of hydrogen-bond acceptors (Lipinski definition) is 3. The summed E-state index contributed by atoms with van der Waals surface area (Å²) in [5.74, 6) is 1.02. The van der Waals surface area contributed by atoms with Gasteiger partial charge in [-0.1, -0.05) is 12.8 Å². The van der Waals surface area contributed by atoms with Gasteiger partial charge >= 0.3 is 0 Å². The quantitative estimate of drug-likeness (QED) is 0.543. The SMILES string of the molecule is Brc1ccc(OCCCCCCN2CCCC2)c2ccsc12. The van der Waals surface area contributed by atoms with Crippen molar-refractivity contribution < 1.29 is 4.74 Å². The molecule has 4 heteroatoms. The van der Waals surface area contributed by atoms with Gasteiger partial charge in [-0.25, -0.2) is 0 Å². The molecule has 0 aliphatic carbocycles. The van der Waals surface area contributed by atoms with E-state index in [2.05, 4.69) is 44.4 Å². The van der Waals surface area contributed by atoms with Gasteiger partial charge in [0.15, 0.2) is 0 Å². The predicted molar refractivity (Wildman–Crippen MR) is 99.2 cm³/mol. The molecule has 0 amide bonds. The molecule has 0 spiro atoms. The van der Waals surface area contributed by atoms with E-state index in [9.17, 15) is 0 Å². The number of benzene rings is 1. The maximum atomic E-state index is 5.99. The van der Waals surface area contributed by atoms with Crippen molar-refractivity contribution in [2.45, 2.75) is 38.5 Å². The normalized spacial score (nSPS) is 15.7. The summed E-state index contributed by atoms with van der Waals surface area (Å²) in [6.45, 7) is 4.77. The number of unbranched alkanes of at least 4 members (excludes halogenated alkanes) is 3. The van der Waals surface area contributed by atoms with E-state index < -0.39 is 0 Å². The van der Waals surface area contributed by atoms with Crippen LogP contribution in [0.3, 0.4) is 0 Å². The lowest BCUT2D eigenvalue weighted by atomic mass is 10.2. The predicted octanol–water partition coefficient (Wildman–Crippen LogP) is 5.70. The molecule has 1 aliphatic rings. The first-order valence-corrected chi connectivity index (χ1v) is 10.0. The molecule has 120 valence electrons. The fourth-order valence-corrected chi connectivity index (χ4v) is 4.55. The van der Waals surface area contributed by atoms with Crippen LogP contribution in [0, 0.1) is 0 Å². The Morgan fingerprint density at radius 3 is 2.73 bits per heavy atom. The van der Waals surface area contributed by atoms with Crippen molar-refractivity contribution in [3.8, 4) is 5.75 Å². The molecule has 3 rings (SSSR count). The number of ether oxygens (including phenoxy) is 1. The number of nitrogens with zero attached hydrogens (tertiary/aromatic N) is 1. The Bertz CT molecular complexity index is 592. The average Bonchev–Trinajstić information content (AvgIpc) is 3.19. The van der Waals surface area contributed by atoms with Gasteiger partial charge in [0.1, 0.15) is 5.75 Å². The van der Waals surface area contributed by atoms with E-state index in [1.165, 1.54) is 61.8 Å². The molecule has 0 unspecified atom stereocenters. The van der Waals surface area contributed by atoms with Gasteiger partial charge < -0.3 is 9.64 Å². The molecule has 1 aliphatic heterocycles. The van der Waals surface area contributed by atoms with Crippen LogP contribution >= 0.6 is 27.3 Å². The first kappa shape index (κ1) is 16.3. The molecular weight excluding hydrogens is 358 g/mol. The zero-order chi connectivity index (χ0) is 15.2. The highest BCUT2D eigenvalue weighted by atomic mass is 79.9. The van der Waals surface area contributed by atoms with E-state index in [1.807, 2.05) is 0 Å². The van der Waals surface area contributed by atoms with Gasteiger partial charge in [0.25, 0.3) is 0 Å². The van der Waals surface area contributed by atoms with E-state index in [1.54, 1.807) is 11.3 Å². The van der Waals surface area contributed by atoms with Gasteiger partial charge in [0.2, 0.25) is 0 Å². The number of fused-ring (bicyclic) bond motifs is 1. The highest BCUT2D eigenvalue weighted by molar-refractivity contribution is 9.10. The maximum Gasteiger partial charge on any atom is 0.128 e. The molecule has 0 bridgehead atoms. The maximum absolute atomic E-state index is 5.99. The van der Waals surface area contributed by atoms with Gasteiger partial charge in [0, 0.05) is 9.86 Å². The Morgan fingerprint density at radius 2 is 1.86 bits per heavy atom. The number of thiophene rings is 1. The molecule has 0 radical (unpaired) electrons. The van der Waals surface area contributed by atoms with Gasteiger partial charge in [-0.05, 0) is 84.8 Å². The van der Waals surface area contributed by atoms with E-state index in [4.69, 9.17) is 4.74 Å². The molecule has 0 saturated carbocycles. The first-order valence-electron chi connectivity index (χ1n) is 8.35. The molecule has 1 aromatic heterocycles. The topological polar surface area (TPSA) is 12.5 Å². The van der Waals surface area contributed by atoms with E-state index >= 15 is 0 Å². The summed E-state index contributed by atoms with van der Waals surface area (Å²) in [6, 6.07) is 6.31. The van der Waals surface area contributed by atoms with Crippen LogP contribution in [0.1, 0.15) is 38.5 Å². The largest absolute Gasteiger partial charge is 0.493 e. The van der Waals surface area contributed by atoms with Crippen LogP contribution in [-0.2, 0) is 0 Å². The van der Waals surface area contributed by atoms with E-state index in [0.29, 0.717) is 0 Å². The molecule has 2 nitrogen and oxygen atoms in total. The summed E-state index contributed by atoms with van der Waals surface area (Å²) in [4.78, 5) is 2.60. The minimum absolute atomic E-state index is 0.830. The first-order chi connectivity index (χ1) is 10.8. The molecule has 1 saturated heterocycles. The lowest BCUT2D eigenvalue weighted by Crippen LogP contribution is -2.20. The van der Waals surface area contributed by atoms with Crippen molar-refractivity contribution in [3.63, 3.8) is 0 Å². The molecular formula is C18H24BrNOS. The van der Waals surface area contributed by atoms with Crippen LogP contribution in [0.15, 0.2) is 28.1 Å². The second kappa shape index (κ2) is 8.32. The lowest BCUT2D eigenvalue weighted by molar-refractivity contribution is 0.299. The Kier molecular flexibility index (Phi) is 6.16. The molecule has 1 fully saturated rings. The Labute approximate surface area is 145 Å². The van der Waals surface area contributed by atoms with Crippen molar-refractivity contribution >= 4 is 37.4 Å². The second-order valence-electron chi connectivity index (χ2n) is 6.02. The van der Waals surface area contributed by atoms with Crippen LogP contribution in [0.5, 0.6) is 5.75 Å². The third kappa shape index (κ3) is 4.24. The number of halogens is 1. The van der Waals surface area contributed by atoms with E-state index in [0.717, 1.165) is 23.2 Å². The standard InChI is InChI=1S/C18H24BrNOS/c19-16-7-8-17(15-9-14-22-18(15)16)21-13-6-2-1-3-10-20-11-4-5-12-20/h7-9,14H,1-6,10-13H2. The summed E-state index contributed by atoms with van der Waals surface area (Å²) in [5, 5.41) is 3.36. The molecule has 2 heterocycles. The van der Waals surface area contributed by atoms with Crippen molar-refractivity contribution in [2.75, 3.05) is 26.2 Å². The van der Waals surface area contributed by atoms with Crippen molar-refractivity contribution in [2.24, 2.45) is 0 Å². The number of rotatable bonds is 8. The molecule has 0 atom stereocenters. The third-order valence-corrected chi connectivity index (χ3v) is 6.22. The fraction of sp³-hybridized carbons (Fsp3) is 0.556. The van der Waals surface area contributed by atoms with Gasteiger partial charge in [-0.2, -0.15) is 0 Å². The van der Waals surface area contributed by atoms with Gasteiger partial charge in [-0.15, -0.1) is 11.3 Å². The monoisotopic (exact) mass is 381 g/mol. The Balaban J connectivity index is 1.34. The van der Waals surface area contributed by atoms with Gasteiger partial charge in [-0.3, -0.25) is 0 Å². The van der Waals surface area contributed by atoms with Crippen LogP contribution in [0.4, 0.5) is 0 Å². The van der Waals surface area contributed by atoms with Crippen molar-refractivity contribution in [3.05, 3.63) is 28.1 Å². The lowest BCUT2D eigenvalue weighted by Gasteiger charge is -2.13. The summed E-state index contributed by atoms with van der Waals surface area (Å²) in [5.41, 5.74) is 0. The molecule has 0 N–H and O–H groups in total. The van der Waals surface area contributed by atoms with Gasteiger partial charge in [0.05, 0.1) is 11.3 Å². The van der Waals surface area contributed by atoms with Crippen LogP contribution in [0.25, 0.3) is 10.1 Å². The minimum atomic E-state index is 0.830. The minimum Gasteiger partial charge on any atom is -0.493 e. The second-order valence-corrected chi connectivity index (χ2v) is 7.79. The third-order valence-electron chi connectivity index (χ3n) is 4.35. The summed E-state index contributed by atoms with van der Waals surface area (Å²) >= 11 is 5.36. The molecule has 2 aromatic rings. The highest BCUT2D eigenvalue weighted by Crippen LogP contribution is 2.35. The van der Waals surface area contributed by atoms with Crippen LogP contribution in [0.2, 0.25) is 0 Å². The van der Waals surface area contributed by atoms with E-state index in [-0.39, 0.29) is 0 Å². The number of likely N-dealkylation sites (tertiary alicyclic amines) is 1. The number of hydrogen-bond donors (Lipinski definition) is 0. The fourth-order valence-electron chi connectivity index (χ4n) is 3.11. The van der Waals surface area contributed by atoms with Crippen LogP contribution < -0.4 is 4.74 Å². The molecule has 22 heavy (non-hydrogen) atoms. The zero-order valence-corrected chi connectivity index (χ0v) is 15.4.